The van der Waals surface area contributed by atoms with Crippen molar-refractivity contribution in [1.82, 2.24) is 15.6 Å². The summed E-state index contributed by atoms with van der Waals surface area (Å²) in [6.45, 7) is 0. The molecule has 3 atom stereocenters. The second kappa shape index (κ2) is 6.82. The number of hydrogen-bond acceptors (Lipinski definition) is 5. The van der Waals surface area contributed by atoms with Crippen LogP contribution in [0.1, 0.15) is 21.3 Å². The van der Waals surface area contributed by atoms with Gasteiger partial charge in [-0.1, -0.05) is 18.2 Å². The molecule has 0 spiro atoms. The number of benzene rings is 1. The van der Waals surface area contributed by atoms with Crippen molar-refractivity contribution < 1.29 is 27.9 Å². The van der Waals surface area contributed by atoms with E-state index >= 15 is 0 Å². The third-order valence-electron chi connectivity index (χ3n) is 4.84. The van der Waals surface area contributed by atoms with Crippen molar-refractivity contribution in [3.63, 3.8) is 0 Å². The Bertz CT molecular complexity index is 1090. The Kier molecular flexibility index (Phi) is 4.55. The van der Waals surface area contributed by atoms with Crippen LogP contribution in [0.4, 0.5) is 18.0 Å². The van der Waals surface area contributed by atoms with Gasteiger partial charge in [-0.25, -0.2) is 4.79 Å². The summed E-state index contributed by atoms with van der Waals surface area (Å²) in [5, 5.41) is 16.6. The SMILES string of the molecule is O=C1N[C@H](c2ccc3ncccc3c2)[C@@H](C(=O)c2cccs2)[C@@](O)(C(F)(F)F)N1. The Morgan fingerprint density at radius 2 is 2.00 bits per heavy atom. The van der Waals surface area contributed by atoms with Crippen LogP contribution in [0, 0.1) is 5.92 Å². The lowest BCUT2D eigenvalue weighted by Gasteiger charge is -2.44. The van der Waals surface area contributed by atoms with Crippen LogP contribution in [-0.2, 0) is 0 Å². The first kappa shape index (κ1) is 19.3. The maximum Gasteiger partial charge on any atom is 0.437 e. The molecule has 29 heavy (non-hydrogen) atoms. The van der Waals surface area contributed by atoms with E-state index in [1.165, 1.54) is 23.5 Å². The fourth-order valence-electron chi connectivity index (χ4n) is 3.48. The molecular formula is C19H14F3N3O3S. The monoisotopic (exact) mass is 421 g/mol. The van der Waals surface area contributed by atoms with Gasteiger partial charge < -0.3 is 15.7 Å². The Morgan fingerprint density at radius 3 is 2.69 bits per heavy atom. The highest BCUT2D eigenvalue weighted by atomic mass is 32.1. The van der Waals surface area contributed by atoms with E-state index in [1.54, 1.807) is 35.8 Å². The number of Topliss-reactive ketones (excluding diaryl/α,β-unsaturated/α-hetero) is 1. The van der Waals surface area contributed by atoms with Gasteiger partial charge in [0.05, 0.1) is 16.4 Å². The molecule has 1 aliphatic heterocycles. The van der Waals surface area contributed by atoms with Crippen molar-refractivity contribution in [2.45, 2.75) is 17.9 Å². The zero-order chi connectivity index (χ0) is 20.8. The standard InChI is InChI=1S/C19H14F3N3O3S/c20-19(21,22)18(28)14(16(26)13-4-2-8-29-13)15(24-17(27)25-18)11-5-6-12-10(9-11)3-1-7-23-12/h1-9,14-15,28H,(H2,24,25,27)/t14-,15+,18+/m0/s1. The van der Waals surface area contributed by atoms with Crippen LogP contribution in [0.3, 0.4) is 0 Å². The smallest absolute Gasteiger partial charge is 0.363 e. The molecule has 0 unspecified atom stereocenters. The van der Waals surface area contributed by atoms with E-state index in [9.17, 15) is 27.9 Å². The largest absolute Gasteiger partial charge is 0.437 e. The summed E-state index contributed by atoms with van der Waals surface area (Å²) in [5.41, 5.74) is -2.88. The molecule has 2 aromatic heterocycles. The Labute approximate surface area is 166 Å². The van der Waals surface area contributed by atoms with Crippen molar-refractivity contribution in [3.8, 4) is 0 Å². The molecule has 1 aliphatic rings. The lowest BCUT2D eigenvalue weighted by atomic mass is 9.78. The van der Waals surface area contributed by atoms with Crippen LogP contribution >= 0.6 is 11.3 Å². The fourth-order valence-corrected chi connectivity index (χ4v) is 4.18. The van der Waals surface area contributed by atoms with Crippen molar-refractivity contribution in [2.24, 2.45) is 5.92 Å². The van der Waals surface area contributed by atoms with Crippen LogP contribution in [0.5, 0.6) is 0 Å². The maximum atomic E-state index is 13.8. The number of halogens is 3. The average molecular weight is 421 g/mol. The number of carbonyl (C=O) groups excluding carboxylic acids is 2. The van der Waals surface area contributed by atoms with Crippen LogP contribution in [0.25, 0.3) is 10.9 Å². The number of aliphatic hydroxyl groups is 1. The van der Waals surface area contributed by atoms with Crippen molar-refractivity contribution in [2.75, 3.05) is 0 Å². The molecule has 2 amide bonds. The van der Waals surface area contributed by atoms with E-state index in [0.717, 1.165) is 11.3 Å². The molecule has 4 rings (SSSR count). The number of nitrogens with zero attached hydrogens (tertiary/aromatic N) is 1. The van der Waals surface area contributed by atoms with Gasteiger partial charge in [-0.15, -0.1) is 11.3 Å². The predicted octanol–water partition coefficient (Wildman–Crippen LogP) is 3.40. The normalized spacial score (nSPS) is 24.8. The molecule has 1 fully saturated rings. The highest BCUT2D eigenvalue weighted by Gasteiger charge is 2.66. The topological polar surface area (TPSA) is 91.3 Å². The van der Waals surface area contributed by atoms with Crippen molar-refractivity contribution >= 4 is 34.1 Å². The van der Waals surface area contributed by atoms with Crippen molar-refractivity contribution in [1.29, 1.82) is 0 Å². The number of pyridine rings is 1. The number of rotatable bonds is 3. The van der Waals surface area contributed by atoms with Gasteiger partial charge in [-0.2, -0.15) is 13.2 Å². The minimum absolute atomic E-state index is 0.0445. The van der Waals surface area contributed by atoms with Gasteiger partial charge in [0.25, 0.3) is 0 Å². The number of hydrogen-bond donors (Lipinski definition) is 3. The second-order valence-electron chi connectivity index (χ2n) is 6.62. The first-order valence-electron chi connectivity index (χ1n) is 8.51. The Hall–Kier alpha value is -2.98. The Morgan fingerprint density at radius 1 is 1.21 bits per heavy atom. The molecule has 6 nitrogen and oxygen atoms in total. The van der Waals surface area contributed by atoms with Gasteiger partial charge in [-0.3, -0.25) is 9.78 Å². The highest BCUT2D eigenvalue weighted by Crippen LogP contribution is 2.44. The van der Waals surface area contributed by atoms with E-state index in [4.69, 9.17) is 0 Å². The molecule has 3 N–H and O–H groups in total. The number of aromatic nitrogens is 1. The minimum Gasteiger partial charge on any atom is -0.363 e. The molecule has 0 bridgehead atoms. The maximum absolute atomic E-state index is 13.8. The summed E-state index contributed by atoms with van der Waals surface area (Å²) in [4.78, 5) is 29.2. The zero-order valence-electron chi connectivity index (χ0n) is 14.6. The van der Waals surface area contributed by atoms with Crippen LogP contribution < -0.4 is 10.6 Å². The number of urea groups is 1. The number of fused-ring (bicyclic) bond motifs is 1. The molecule has 3 heterocycles. The van der Waals surface area contributed by atoms with E-state index in [1.807, 2.05) is 0 Å². The van der Waals surface area contributed by atoms with Crippen LogP contribution in [-0.4, -0.2) is 33.8 Å². The summed E-state index contributed by atoms with van der Waals surface area (Å²) >= 11 is 0.958. The first-order valence-corrected chi connectivity index (χ1v) is 9.39. The molecule has 10 heteroatoms. The first-order chi connectivity index (χ1) is 13.7. The summed E-state index contributed by atoms with van der Waals surface area (Å²) in [6, 6.07) is 8.25. The Balaban J connectivity index is 1.88. The number of thiophene rings is 1. The molecule has 1 aromatic carbocycles. The van der Waals surface area contributed by atoms with Gasteiger partial charge in [-0.05, 0) is 35.2 Å². The average Bonchev–Trinajstić information content (AvgIpc) is 3.20. The number of nitrogens with one attached hydrogen (secondary N) is 2. The van der Waals surface area contributed by atoms with E-state index in [0.29, 0.717) is 10.9 Å². The molecule has 0 saturated carbocycles. The molecular weight excluding hydrogens is 407 g/mol. The number of ketones is 1. The summed E-state index contributed by atoms with van der Waals surface area (Å²) < 4.78 is 41.5. The predicted molar refractivity (Wildman–Crippen MR) is 99.3 cm³/mol. The van der Waals surface area contributed by atoms with Gasteiger partial charge >= 0.3 is 12.2 Å². The second-order valence-corrected chi connectivity index (χ2v) is 7.56. The van der Waals surface area contributed by atoms with Crippen LogP contribution in [0.2, 0.25) is 0 Å². The third-order valence-corrected chi connectivity index (χ3v) is 5.72. The molecule has 1 saturated heterocycles. The lowest BCUT2D eigenvalue weighted by molar-refractivity contribution is -0.287. The number of amides is 2. The van der Waals surface area contributed by atoms with Gasteiger partial charge in [0.15, 0.2) is 5.78 Å². The zero-order valence-corrected chi connectivity index (χ0v) is 15.4. The van der Waals surface area contributed by atoms with Gasteiger partial charge in [0.1, 0.15) is 5.92 Å². The fraction of sp³-hybridized carbons (Fsp3) is 0.211. The molecule has 150 valence electrons. The van der Waals surface area contributed by atoms with E-state index in [2.05, 4.69) is 10.3 Å². The third kappa shape index (κ3) is 3.23. The number of carbonyl (C=O) groups is 2. The van der Waals surface area contributed by atoms with Gasteiger partial charge in [0.2, 0.25) is 5.72 Å². The lowest BCUT2D eigenvalue weighted by Crippen LogP contribution is -2.72. The van der Waals surface area contributed by atoms with E-state index < -0.39 is 35.7 Å². The van der Waals surface area contributed by atoms with Crippen LogP contribution in [0.15, 0.2) is 54.0 Å². The van der Waals surface area contributed by atoms with E-state index in [-0.39, 0.29) is 10.4 Å². The quantitative estimate of drug-likeness (QED) is 0.566. The molecule has 0 aliphatic carbocycles. The molecule has 3 aromatic rings. The number of alkyl halides is 3. The summed E-state index contributed by atoms with van der Waals surface area (Å²) in [5.74, 6) is -2.96. The minimum atomic E-state index is -5.28. The highest BCUT2D eigenvalue weighted by molar-refractivity contribution is 7.12. The summed E-state index contributed by atoms with van der Waals surface area (Å²) in [6.07, 6.45) is -3.71. The van der Waals surface area contributed by atoms with Gasteiger partial charge in [0, 0.05) is 11.6 Å². The van der Waals surface area contributed by atoms with Crippen molar-refractivity contribution in [3.05, 3.63) is 64.5 Å². The molecule has 0 radical (unpaired) electrons. The summed E-state index contributed by atoms with van der Waals surface area (Å²) in [7, 11) is 0.